The van der Waals surface area contributed by atoms with Gasteiger partial charge in [-0.25, -0.2) is 0 Å². The quantitative estimate of drug-likeness (QED) is 0.800. The van der Waals surface area contributed by atoms with Crippen molar-refractivity contribution in [1.29, 1.82) is 0 Å². The van der Waals surface area contributed by atoms with Gasteiger partial charge >= 0.3 is 0 Å². The van der Waals surface area contributed by atoms with Crippen molar-refractivity contribution in [2.24, 2.45) is 0 Å². The molecule has 0 aliphatic heterocycles. The molecule has 3 N–H and O–H groups in total. The summed E-state index contributed by atoms with van der Waals surface area (Å²) in [6.07, 6.45) is 2.91. The maximum absolute atomic E-state index is 11.9. The summed E-state index contributed by atoms with van der Waals surface area (Å²) in [4.78, 5) is 11.9. The van der Waals surface area contributed by atoms with Gasteiger partial charge in [-0.2, -0.15) is 10.2 Å². The molecule has 0 aliphatic carbocycles. The van der Waals surface area contributed by atoms with E-state index in [1.54, 1.807) is 6.07 Å². The lowest BCUT2D eigenvalue weighted by molar-refractivity contribution is 0.0939. The summed E-state index contributed by atoms with van der Waals surface area (Å²) in [7, 11) is 0. The van der Waals surface area contributed by atoms with Gasteiger partial charge in [0.05, 0.1) is 24.0 Å². The summed E-state index contributed by atoms with van der Waals surface area (Å²) in [5, 5.41) is 10.2. The molecule has 1 aromatic heterocycles. The maximum atomic E-state index is 11.9. The Morgan fingerprint density at radius 2 is 2.06 bits per heavy atom. The average Bonchev–Trinajstić information content (AvgIpc) is 2.40. The number of benzene rings is 1. The summed E-state index contributed by atoms with van der Waals surface area (Å²) in [6.45, 7) is 1.89. The Kier molecular flexibility index (Phi) is 3.52. The first-order valence-electron chi connectivity index (χ1n) is 5.60. The Labute approximate surface area is 105 Å². The Morgan fingerprint density at radius 1 is 1.28 bits per heavy atom. The Hall–Kier alpha value is -2.43. The second-order valence-electron chi connectivity index (χ2n) is 3.96. The predicted molar refractivity (Wildman–Crippen MR) is 68.8 cm³/mol. The molecule has 1 atom stereocenters. The van der Waals surface area contributed by atoms with E-state index in [2.05, 4.69) is 15.5 Å². The Morgan fingerprint density at radius 3 is 2.72 bits per heavy atom. The van der Waals surface area contributed by atoms with Gasteiger partial charge in [0.25, 0.3) is 5.91 Å². The number of carbonyl (C=O) groups excluding carboxylic acids is 1. The van der Waals surface area contributed by atoms with Crippen LogP contribution in [0.15, 0.2) is 42.7 Å². The second kappa shape index (κ2) is 5.27. The zero-order valence-electron chi connectivity index (χ0n) is 10.00. The maximum Gasteiger partial charge on any atom is 0.253 e. The molecule has 0 spiro atoms. The molecule has 0 aliphatic rings. The molecule has 0 fully saturated rings. The number of nitrogens with one attached hydrogen (secondary N) is 1. The second-order valence-corrected chi connectivity index (χ2v) is 3.96. The fraction of sp³-hybridized carbons (Fsp3) is 0.154. The molecule has 5 nitrogen and oxygen atoms in total. The molecule has 0 bridgehead atoms. The number of amides is 1. The van der Waals surface area contributed by atoms with Gasteiger partial charge in [0.1, 0.15) is 0 Å². The van der Waals surface area contributed by atoms with Crippen molar-refractivity contribution in [3.05, 3.63) is 53.9 Å². The molecule has 2 rings (SSSR count). The molecular weight excluding hydrogens is 228 g/mol. The van der Waals surface area contributed by atoms with Crippen molar-refractivity contribution in [3.63, 3.8) is 0 Å². The normalized spacial score (nSPS) is 11.8. The number of hydrogen-bond donors (Lipinski definition) is 2. The zero-order valence-corrected chi connectivity index (χ0v) is 10.00. The van der Waals surface area contributed by atoms with Gasteiger partial charge in [0.15, 0.2) is 0 Å². The fourth-order valence-corrected chi connectivity index (χ4v) is 1.69. The third kappa shape index (κ3) is 2.63. The molecule has 1 unspecified atom stereocenters. The summed E-state index contributed by atoms with van der Waals surface area (Å²) in [6, 6.07) is 8.91. The van der Waals surface area contributed by atoms with E-state index in [0.717, 1.165) is 5.56 Å². The molecule has 92 valence electrons. The number of nitrogens with two attached hydrogens (primary N) is 1. The van der Waals surface area contributed by atoms with Crippen molar-refractivity contribution in [1.82, 2.24) is 15.5 Å². The first-order chi connectivity index (χ1) is 8.68. The van der Waals surface area contributed by atoms with Crippen LogP contribution in [0.2, 0.25) is 0 Å². The number of carbonyl (C=O) groups is 1. The molecular formula is C13H14N4O. The van der Waals surface area contributed by atoms with Crippen LogP contribution < -0.4 is 11.1 Å². The van der Waals surface area contributed by atoms with E-state index in [1.807, 2.05) is 31.2 Å². The lowest BCUT2D eigenvalue weighted by atomic mass is 10.1. The number of aromatic nitrogens is 2. The highest BCUT2D eigenvalue weighted by atomic mass is 16.1. The van der Waals surface area contributed by atoms with Crippen LogP contribution in [0.5, 0.6) is 0 Å². The van der Waals surface area contributed by atoms with E-state index in [0.29, 0.717) is 11.3 Å². The molecule has 1 aromatic carbocycles. The van der Waals surface area contributed by atoms with Gasteiger partial charge in [-0.05, 0) is 24.6 Å². The van der Waals surface area contributed by atoms with Gasteiger partial charge in [-0.15, -0.1) is 0 Å². The van der Waals surface area contributed by atoms with Crippen molar-refractivity contribution in [2.75, 3.05) is 5.73 Å². The largest absolute Gasteiger partial charge is 0.398 e. The van der Waals surface area contributed by atoms with Crippen LogP contribution >= 0.6 is 0 Å². The van der Waals surface area contributed by atoms with Crippen LogP contribution in [0.4, 0.5) is 5.69 Å². The Bertz CT molecular complexity index is 542. The van der Waals surface area contributed by atoms with E-state index in [4.69, 9.17) is 5.73 Å². The van der Waals surface area contributed by atoms with Crippen molar-refractivity contribution in [3.8, 4) is 0 Å². The topological polar surface area (TPSA) is 80.9 Å². The minimum Gasteiger partial charge on any atom is -0.398 e. The van der Waals surface area contributed by atoms with Crippen LogP contribution in [-0.4, -0.2) is 16.1 Å². The van der Waals surface area contributed by atoms with E-state index in [9.17, 15) is 4.79 Å². The third-order valence-electron chi connectivity index (χ3n) is 2.66. The van der Waals surface area contributed by atoms with Crippen LogP contribution in [-0.2, 0) is 0 Å². The molecule has 18 heavy (non-hydrogen) atoms. The highest BCUT2D eigenvalue weighted by Crippen LogP contribution is 2.19. The zero-order chi connectivity index (χ0) is 13.0. The van der Waals surface area contributed by atoms with Crippen LogP contribution in [0.3, 0.4) is 0 Å². The number of hydrogen-bond acceptors (Lipinski definition) is 4. The van der Waals surface area contributed by atoms with E-state index in [-0.39, 0.29) is 11.9 Å². The molecule has 0 radical (unpaired) electrons. The molecule has 0 saturated heterocycles. The van der Waals surface area contributed by atoms with Crippen molar-refractivity contribution < 1.29 is 4.79 Å². The first-order valence-corrected chi connectivity index (χ1v) is 5.60. The minimum absolute atomic E-state index is 0.160. The SMILES string of the molecule is CC(NC(=O)c1ccnnc1)c1ccccc1N. The van der Waals surface area contributed by atoms with Crippen LogP contribution in [0, 0.1) is 0 Å². The fourth-order valence-electron chi connectivity index (χ4n) is 1.69. The van der Waals surface area contributed by atoms with E-state index < -0.39 is 0 Å². The van der Waals surface area contributed by atoms with Gasteiger partial charge < -0.3 is 11.1 Å². The van der Waals surface area contributed by atoms with Gasteiger partial charge in [0, 0.05) is 5.69 Å². The number of nitrogen functional groups attached to an aromatic ring is 1. The van der Waals surface area contributed by atoms with Crippen molar-refractivity contribution in [2.45, 2.75) is 13.0 Å². The highest BCUT2D eigenvalue weighted by Gasteiger charge is 2.13. The van der Waals surface area contributed by atoms with Gasteiger partial charge in [-0.1, -0.05) is 18.2 Å². The van der Waals surface area contributed by atoms with Gasteiger partial charge in [0.2, 0.25) is 0 Å². The molecule has 2 aromatic rings. The van der Waals surface area contributed by atoms with E-state index >= 15 is 0 Å². The Balaban J connectivity index is 2.11. The first kappa shape index (κ1) is 12.0. The van der Waals surface area contributed by atoms with Crippen LogP contribution in [0.25, 0.3) is 0 Å². The molecule has 5 heteroatoms. The predicted octanol–water partition coefficient (Wildman–Crippen LogP) is 1.55. The number of anilines is 1. The standard InChI is InChI=1S/C13H14N4O/c1-9(11-4-2-3-5-12(11)14)17-13(18)10-6-7-15-16-8-10/h2-9H,14H2,1H3,(H,17,18). The lowest BCUT2D eigenvalue weighted by Crippen LogP contribution is -2.27. The number of para-hydroxylation sites is 1. The highest BCUT2D eigenvalue weighted by molar-refractivity contribution is 5.94. The smallest absolute Gasteiger partial charge is 0.253 e. The summed E-state index contributed by atoms with van der Waals surface area (Å²) in [5.74, 6) is -0.194. The average molecular weight is 242 g/mol. The van der Waals surface area contributed by atoms with Crippen LogP contribution in [0.1, 0.15) is 28.9 Å². The summed E-state index contributed by atoms with van der Waals surface area (Å²) >= 11 is 0. The van der Waals surface area contributed by atoms with E-state index in [1.165, 1.54) is 12.4 Å². The third-order valence-corrected chi connectivity index (χ3v) is 2.66. The van der Waals surface area contributed by atoms with Gasteiger partial charge in [-0.3, -0.25) is 4.79 Å². The molecule has 0 saturated carbocycles. The number of rotatable bonds is 3. The summed E-state index contributed by atoms with van der Waals surface area (Å²) in [5.41, 5.74) is 7.90. The lowest BCUT2D eigenvalue weighted by Gasteiger charge is -2.16. The summed E-state index contributed by atoms with van der Waals surface area (Å²) < 4.78 is 0. The van der Waals surface area contributed by atoms with Crippen molar-refractivity contribution >= 4 is 11.6 Å². The molecule has 1 amide bonds. The number of nitrogens with zero attached hydrogens (tertiary/aromatic N) is 2. The monoisotopic (exact) mass is 242 g/mol. The molecule has 1 heterocycles. The minimum atomic E-state index is -0.194.